The molecule has 0 saturated carbocycles. The summed E-state index contributed by atoms with van der Waals surface area (Å²) < 4.78 is 0. The van der Waals surface area contributed by atoms with E-state index in [0.29, 0.717) is 0 Å². The van der Waals surface area contributed by atoms with Crippen LogP contribution in [0.25, 0.3) is 0 Å². The van der Waals surface area contributed by atoms with Gasteiger partial charge >= 0.3 is 0 Å². The van der Waals surface area contributed by atoms with Crippen LogP contribution in [0.5, 0.6) is 0 Å². The summed E-state index contributed by atoms with van der Waals surface area (Å²) in [5.74, 6) is 0. The lowest BCUT2D eigenvalue weighted by atomic mass is 10.2. The third-order valence-corrected chi connectivity index (χ3v) is 0.691. The summed E-state index contributed by atoms with van der Waals surface area (Å²) in [6, 6.07) is 0. The molecule has 0 heterocycles. The summed E-state index contributed by atoms with van der Waals surface area (Å²) in [6.07, 6.45) is 6.77. The fourth-order valence-electron chi connectivity index (χ4n) is 0.333. The maximum atomic E-state index is 2.25. The molecule has 0 amide bonds. The van der Waals surface area contributed by atoms with Gasteiger partial charge in [-0.25, -0.2) is 0 Å². The summed E-state index contributed by atoms with van der Waals surface area (Å²) in [5.41, 5.74) is 0. The lowest BCUT2D eigenvalue weighted by molar-refractivity contribution is 0.980. The van der Waals surface area contributed by atoms with Crippen molar-refractivity contribution >= 4 is 0 Å². The van der Waals surface area contributed by atoms with Crippen LogP contribution in [0.3, 0.4) is 0 Å². The van der Waals surface area contributed by atoms with Gasteiger partial charge in [0.05, 0.1) is 6.42 Å². The lowest BCUT2D eigenvalue weighted by Gasteiger charge is -1.87. The molecule has 36 valence electrons. The molecule has 0 aromatic heterocycles. The molecular weight excluding hydrogens is 72.1 g/mol. The van der Waals surface area contributed by atoms with Crippen molar-refractivity contribution in [2.75, 3.05) is 0 Å². The van der Waals surface area contributed by atoms with Crippen molar-refractivity contribution in [2.24, 2.45) is 0 Å². The zero-order valence-electron chi connectivity index (χ0n) is 4.57. The highest BCUT2D eigenvalue weighted by atomic mass is 13.8. The van der Waals surface area contributed by atoms with Crippen molar-refractivity contribution in [1.82, 2.24) is 0 Å². The molecule has 0 atom stereocenters. The van der Waals surface area contributed by atoms with Crippen LogP contribution < -0.4 is 0 Å². The quantitative estimate of drug-likeness (QED) is 0.363. The second kappa shape index (κ2) is 4.87. The largest absolute Gasteiger partial charge is 0.288 e. The molecule has 0 fully saturated rings. The van der Waals surface area contributed by atoms with Gasteiger partial charge in [0, 0.05) is 6.42 Å². The minimum Gasteiger partial charge on any atom is -0.288 e. The van der Waals surface area contributed by atoms with Crippen LogP contribution in [0.15, 0.2) is 0 Å². The Hall–Kier alpha value is -0.130. The topological polar surface area (TPSA) is 0 Å². The van der Waals surface area contributed by atoms with E-state index >= 15 is 0 Å². The Bertz CT molecular complexity index is 12.0. The van der Waals surface area contributed by atoms with Gasteiger partial charge in [-0.1, -0.05) is 0 Å². The van der Waals surface area contributed by atoms with E-state index in [4.69, 9.17) is 0 Å². The predicted octanol–water partition coefficient (Wildman–Crippen LogP) is 2.21. The highest BCUT2D eigenvalue weighted by Crippen LogP contribution is 1.92. The van der Waals surface area contributed by atoms with Crippen molar-refractivity contribution in [1.29, 1.82) is 0 Å². The maximum absolute atomic E-state index is 2.25. The average molecular weight is 84.2 g/mol. The standard InChI is InChI=1S/C6H12/c1-3-5-6-4-2/h3,6H,4-5H2,1-2H3. The Morgan fingerprint density at radius 1 is 1.67 bits per heavy atom. The summed E-state index contributed by atoms with van der Waals surface area (Å²) in [7, 11) is 0. The Morgan fingerprint density at radius 3 is 2.50 bits per heavy atom. The van der Waals surface area contributed by atoms with Crippen LogP contribution in [0, 0.1) is 12.8 Å². The van der Waals surface area contributed by atoms with Crippen LogP contribution in [-0.4, -0.2) is 0 Å². The first-order valence-corrected chi connectivity index (χ1v) is 2.51. The van der Waals surface area contributed by atoms with Gasteiger partial charge in [0.15, 0.2) is 0 Å². The molecule has 6 heavy (non-hydrogen) atoms. The Morgan fingerprint density at radius 2 is 2.33 bits per heavy atom. The molecular formula is C6H12. The van der Waals surface area contributed by atoms with E-state index in [1.807, 2.05) is 0 Å². The first-order valence-electron chi connectivity index (χ1n) is 2.51. The molecule has 0 aromatic rings. The van der Waals surface area contributed by atoms with Gasteiger partial charge in [-0.3, -0.25) is 6.42 Å². The van der Waals surface area contributed by atoms with Crippen molar-refractivity contribution in [3.05, 3.63) is 12.8 Å². The second-order valence-electron chi connectivity index (χ2n) is 1.34. The summed E-state index contributed by atoms with van der Waals surface area (Å²) in [6.45, 7) is 4.23. The molecule has 0 nitrogen and oxygen atoms in total. The average Bonchev–Trinajstić information content (AvgIpc) is 1.61. The lowest BCUT2D eigenvalue weighted by Crippen LogP contribution is -1.69. The molecule has 0 aliphatic heterocycles. The molecule has 0 radical (unpaired) electrons. The van der Waals surface area contributed by atoms with Crippen LogP contribution >= 0.6 is 0 Å². The molecule has 0 heteroatoms. The van der Waals surface area contributed by atoms with E-state index in [-0.39, 0.29) is 0 Å². The predicted molar refractivity (Wildman–Crippen MR) is 29.2 cm³/mol. The van der Waals surface area contributed by atoms with E-state index in [1.165, 1.54) is 6.42 Å². The van der Waals surface area contributed by atoms with E-state index in [2.05, 4.69) is 26.7 Å². The SMILES string of the molecule is C[CH-]C[CH+]CC. The third-order valence-electron chi connectivity index (χ3n) is 0.691. The van der Waals surface area contributed by atoms with Gasteiger partial charge in [0.2, 0.25) is 0 Å². The minimum atomic E-state index is 1.16. The molecule has 0 bridgehead atoms. The molecule has 0 unspecified atom stereocenters. The first-order chi connectivity index (χ1) is 2.91. The number of hydrogen-bond acceptors (Lipinski definition) is 0. The van der Waals surface area contributed by atoms with Crippen LogP contribution in [0.2, 0.25) is 0 Å². The monoisotopic (exact) mass is 84.1 g/mol. The zero-order chi connectivity index (χ0) is 4.83. The fourth-order valence-corrected chi connectivity index (χ4v) is 0.333. The molecule has 0 aliphatic carbocycles. The van der Waals surface area contributed by atoms with Crippen molar-refractivity contribution in [3.63, 3.8) is 0 Å². The molecule has 0 rings (SSSR count). The van der Waals surface area contributed by atoms with Gasteiger partial charge in [-0.15, -0.1) is 0 Å². The van der Waals surface area contributed by atoms with Gasteiger partial charge in [0.25, 0.3) is 0 Å². The summed E-state index contributed by atoms with van der Waals surface area (Å²) >= 11 is 0. The van der Waals surface area contributed by atoms with Crippen molar-refractivity contribution < 1.29 is 0 Å². The molecule has 0 saturated heterocycles. The Labute approximate surface area is 40.6 Å². The van der Waals surface area contributed by atoms with Crippen LogP contribution in [0.4, 0.5) is 0 Å². The summed E-state index contributed by atoms with van der Waals surface area (Å²) in [5, 5.41) is 0. The van der Waals surface area contributed by atoms with Crippen molar-refractivity contribution in [2.45, 2.75) is 26.7 Å². The minimum absolute atomic E-state index is 1.16. The normalized spacial score (nSPS) is 8.33. The number of rotatable bonds is 3. The van der Waals surface area contributed by atoms with Gasteiger partial charge in [-0.2, -0.15) is 6.92 Å². The van der Waals surface area contributed by atoms with E-state index in [1.54, 1.807) is 0 Å². The fraction of sp³-hybridized carbons (Fsp3) is 0.667. The Kier molecular flexibility index (Phi) is 4.76. The number of unbranched alkanes of at least 4 members (excludes halogenated alkanes) is 3. The smallest absolute Gasteiger partial charge is 0.0818 e. The first kappa shape index (κ1) is 5.87. The van der Waals surface area contributed by atoms with Gasteiger partial charge in [0.1, 0.15) is 0 Å². The zero-order valence-corrected chi connectivity index (χ0v) is 4.57. The second-order valence-corrected chi connectivity index (χ2v) is 1.34. The molecule has 0 aliphatic rings. The summed E-state index contributed by atoms with van der Waals surface area (Å²) in [4.78, 5) is 0. The van der Waals surface area contributed by atoms with E-state index < -0.39 is 0 Å². The highest BCUT2D eigenvalue weighted by Gasteiger charge is 1.78. The van der Waals surface area contributed by atoms with E-state index in [9.17, 15) is 0 Å². The van der Waals surface area contributed by atoms with Crippen LogP contribution in [-0.2, 0) is 0 Å². The molecule has 0 aromatic carbocycles. The molecule has 0 spiro atoms. The highest BCUT2D eigenvalue weighted by molar-refractivity contribution is 4.69. The Balaban J connectivity index is 2.34. The maximum Gasteiger partial charge on any atom is 0.0818 e. The molecule has 0 N–H and O–H groups in total. The van der Waals surface area contributed by atoms with Gasteiger partial charge in [-0.05, 0) is 13.3 Å². The van der Waals surface area contributed by atoms with E-state index in [0.717, 1.165) is 6.42 Å². The van der Waals surface area contributed by atoms with Crippen LogP contribution in [0.1, 0.15) is 26.7 Å². The number of hydrogen-bond donors (Lipinski definition) is 0. The van der Waals surface area contributed by atoms with Gasteiger partial charge < -0.3 is 0 Å². The third kappa shape index (κ3) is 3.87. The van der Waals surface area contributed by atoms with Crippen molar-refractivity contribution in [3.8, 4) is 0 Å².